The number of amides is 9. The monoisotopic (exact) mass is 1060 g/mol. The lowest BCUT2D eigenvalue weighted by Crippen LogP contribution is -2.58. The van der Waals surface area contributed by atoms with E-state index >= 15 is 0 Å². The minimum absolute atomic E-state index is 0.0115. The zero-order valence-electron chi connectivity index (χ0n) is 43.3. The summed E-state index contributed by atoms with van der Waals surface area (Å²) in [6.07, 6.45) is 1.49. The molecule has 7 atom stereocenters. The lowest BCUT2D eigenvalue weighted by atomic mass is 10.0. The summed E-state index contributed by atoms with van der Waals surface area (Å²) in [7, 11) is 0. The molecule has 416 valence electrons. The molecular weight excluding hydrogens is 985 g/mol. The third kappa shape index (κ3) is 23.3. The summed E-state index contributed by atoms with van der Waals surface area (Å²) in [4.78, 5) is 122. The molecule has 0 saturated heterocycles. The van der Waals surface area contributed by atoms with Crippen LogP contribution in [0.4, 0.5) is 0 Å². The smallest absolute Gasteiger partial charge is 0.243 e. The van der Waals surface area contributed by atoms with Crippen LogP contribution in [0.3, 0.4) is 0 Å². The Morgan fingerprint density at radius 1 is 0.553 bits per heavy atom. The van der Waals surface area contributed by atoms with E-state index in [1.807, 2.05) is 18.2 Å². The number of hydrogen-bond acceptors (Lipinski definition) is 12. The number of para-hydroxylation sites is 1. The number of carbonyl (C=O) groups excluding carboxylic acids is 9. The number of nitrogens with one attached hydrogen (secondary N) is 13. The van der Waals surface area contributed by atoms with Crippen LogP contribution >= 0.6 is 0 Å². The third-order valence-corrected chi connectivity index (χ3v) is 11.9. The molecule has 3 aromatic rings. The van der Waals surface area contributed by atoms with E-state index in [1.54, 1.807) is 49.5 Å². The number of nitrogens with two attached hydrogens (primary N) is 3. The van der Waals surface area contributed by atoms with Gasteiger partial charge in [0.2, 0.25) is 53.2 Å². The van der Waals surface area contributed by atoms with E-state index in [0.717, 1.165) is 16.5 Å². The van der Waals surface area contributed by atoms with Crippen molar-refractivity contribution in [3.8, 4) is 0 Å². The first-order valence-electron chi connectivity index (χ1n) is 25.2. The van der Waals surface area contributed by atoms with Gasteiger partial charge in [0.05, 0.1) is 6.10 Å². The van der Waals surface area contributed by atoms with Crippen molar-refractivity contribution >= 4 is 76.0 Å². The van der Waals surface area contributed by atoms with Gasteiger partial charge in [0.15, 0.2) is 11.9 Å². The summed E-state index contributed by atoms with van der Waals surface area (Å²) in [5.41, 5.74) is 18.7. The molecule has 9 amide bonds. The van der Waals surface area contributed by atoms with Gasteiger partial charge in [-0.15, -0.1) is 0 Å². The standard InChI is InChI=1S/C50H76N16O10/c1-4-33(69)28-60-44(72)39(65-45(73)37(61-29(2)67)18-11-23-57-49(52)53)20-21-42(70)56-22-10-17-36(43(51)71)63-48(76)41(26-32-27-59-35-16-9-8-15-34(32)35)66-46(74)38(19-12-24-58-50(54)55)64-47(75)40(62-30(3)68)25-31-13-6-5-7-14-31/h5-9,13-16,27,33,36-41,59,69H,4,10-12,17-26,28H2,1-3H3,(H2,51,71)(H,56,70)(H,60,72)(H,61,67)(H,62,68)(H,63,76)(H,64,75)(H,65,73)(H,66,74)(H4,52,53,57)(H4,54,55,58)/t33-,36+,37+,38+,39+,40-,41+/m1/s1. The first kappa shape index (κ1) is 62.0. The van der Waals surface area contributed by atoms with Gasteiger partial charge < -0.3 is 80.5 Å². The molecule has 1 aromatic heterocycles. The Labute approximate surface area is 441 Å². The van der Waals surface area contributed by atoms with Crippen LogP contribution in [0.1, 0.15) is 89.7 Å². The zero-order chi connectivity index (χ0) is 56.2. The highest BCUT2D eigenvalue weighted by Gasteiger charge is 2.32. The fraction of sp³-hybridized carbons (Fsp3) is 0.500. The quantitative estimate of drug-likeness (QED) is 0.0167. The number of aromatic amines is 1. The number of carbonyl (C=O) groups is 9. The molecule has 0 radical (unpaired) electrons. The van der Waals surface area contributed by atoms with E-state index in [1.165, 1.54) is 13.8 Å². The van der Waals surface area contributed by atoms with E-state index < -0.39 is 95.5 Å². The fourth-order valence-electron chi connectivity index (χ4n) is 7.90. The maximum atomic E-state index is 14.3. The highest BCUT2D eigenvalue weighted by molar-refractivity contribution is 5.96. The summed E-state index contributed by atoms with van der Waals surface area (Å²) in [6.45, 7) is 4.47. The van der Waals surface area contributed by atoms with Crippen molar-refractivity contribution in [1.29, 1.82) is 10.8 Å². The van der Waals surface area contributed by atoms with Gasteiger partial charge in [-0.1, -0.05) is 55.5 Å². The van der Waals surface area contributed by atoms with E-state index in [4.69, 9.17) is 28.0 Å². The van der Waals surface area contributed by atoms with Crippen molar-refractivity contribution in [3.63, 3.8) is 0 Å². The summed E-state index contributed by atoms with van der Waals surface area (Å²) in [6, 6.07) is 8.94. The highest BCUT2D eigenvalue weighted by atomic mass is 16.3. The SMILES string of the molecule is CC[C@@H](O)CNC(=O)[C@H](CCC(=O)NCCC[C@H](NC(=O)[C@H](Cc1c[nH]c2ccccc12)NC(=O)[C@H](CCCNC(=N)N)NC(=O)[C@@H](Cc1ccccc1)NC(C)=O)C(N)=O)NC(=O)[C@H](CCCNC(=N)N)NC(C)=O. The molecule has 0 bridgehead atoms. The molecule has 0 spiro atoms. The molecule has 1 heterocycles. The molecule has 20 N–H and O–H groups in total. The van der Waals surface area contributed by atoms with Crippen molar-refractivity contribution in [1.82, 2.24) is 58.2 Å². The Hall–Kier alpha value is -8.29. The molecule has 26 heteroatoms. The van der Waals surface area contributed by atoms with Crippen LogP contribution in [-0.4, -0.2) is 144 Å². The predicted molar refractivity (Wildman–Crippen MR) is 283 cm³/mol. The molecule has 0 aliphatic carbocycles. The van der Waals surface area contributed by atoms with Crippen LogP contribution in [0.25, 0.3) is 10.9 Å². The zero-order valence-corrected chi connectivity index (χ0v) is 43.3. The minimum Gasteiger partial charge on any atom is -0.391 e. The largest absolute Gasteiger partial charge is 0.391 e. The first-order chi connectivity index (χ1) is 36.2. The van der Waals surface area contributed by atoms with Gasteiger partial charge in [-0.3, -0.25) is 54.0 Å². The van der Waals surface area contributed by atoms with Crippen molar-refractivity contribution in [3.05, 3.63) is 71.9 Å². The second-order valence-corrected chi connectivity index (χ2v) is 18.2. The van der Waals surface area contributed by atoms with Crippen molar-refractivity contribution < 1.29 is 48.3 Å². The Kier molecular flexibility index (Phi) is 26.8. The lowest BCUT2D eigenvalue weighted by molar-refractivity contribution is -0.134. The molecular formula is C50H76N16O10. The van der Waals surface area contributed by atoms with Gasteiger partial charge in [-0.2, -0.15) is 0 Å². The number of aromatic nitrogens is 1. The lowest BCUT2D eigenvalue weighted by Gasteiger charge is -2.26. The minimum atomic E-state index is -1.34. The van der Waals surface area contributed by atoms with Crippen LogP contribution in [0.5, 0.6) is 0 Å². The maximum absolute atomic E-state index is 14.3. The molecule has 0 fully saturated rings. The number of primary amides is 1. The van der Waals surface area contributed by atoms with Crippen LogP contribution in [0, 0.1) is 10.8 Å². The van der Waals surface area contributed by atoms with E-state index in [-0.39, 0.29) is 95.9 Å². The second kappa shape index (κ2) is 32.8. The molecule has 2 aromatic carbocycles. The number of aliphatic hydroxyl groups is 1. The fourth-order valence-corrected chi connectivity index (χ4v) is 7.90. The number of rotatable bonds is 34. The van der Waals surface area contributed by atoms with Gasteiger partial charge in [0.25, 0.3) is 0 Å². The number of benzene rings is 2. The molecule has 0 aliphatic heterocycles. The highest BCUT2D eigenvalue weighted by Crippen LogP contribution is 2.20. The number of fused-ring (bicyclic) bond motifs is 1. The van der Waals surface area contributed by atoms with Gasteiger partial charge in [0.1, 0.15) is 36.3 Å². The molecule has 0 aliphatic rings. The predicted octanol–water partition coefficient (Wildman–Crippen LogP) is -2.52. The van der Waals surface area contributed by atoms with Crippen molar-refractivity contribution in [2.75, 3.05) is 26.2 Å². The Bertz CT molecular complexity index is 2450. The molecule has 3 rings (SSSR count). The Morgan fingerprint density at radius 3 is 1.57 bits per heavy atom. The second-order valence-electron chi connectivity index (χ2n) is 18.2. The maximum Gasteiger partial charge on any atom is 0.243 e. The van der Waals surface area contributed by atoms with Gasteiger partial charge in [-0.05, 0) is 68.6 Å². The van der Waals surface area contributed by atoms with Crippen LogP contribution in [0.2, 0.25) is 0 Å². The summed E-state index contributed by atoms with van der Waals surface area (Å²) < 4.78 is 0. The average Bonchev–Trinajstić information content (AvgIpc) is 3.78. The van der Waals surface area contributed by atoms with Crippen LogP contribution in [0.15, 0.2) is 60.8 Å². The van der Waals surface area contributed by atoms with Crippen LogP contribution < -0.4 is 70.4 Å². The summed E-state index contributed by atoms with van der Waals surface area (Å²) >= 11 is 0. The number of hydrogen-bond donors (Lipinski definition) is 17. The topological polar surface area (TPSA) is 436 Å². The number of H-pyrrole nitrogens is 1. The van der Waals surface area contributed by atoms with E-state index in [2.05, 4.69) is 58.2 Å². The average molecular weight is 1060 g/mol. The number of aliphatic hydroxyl groups excluding tert-OH is 1. The van der Waals surface area contributed by atoms with Crippen molar-refractivity contribution in [2.45, 2.75) is 134 Å². The molecule has 76 heavy (non-hydrogen) atoms. The number of guanidine groups is 2. The molecule has 0 saturated carbocycles. The van der Waals surface area contributed by atoms with Gasteiger partial charge in [0, 0.05) is 76.4 Å². The third-order valence-electron chi connectivity index (χ3n) is 11.9. The normalized spacial score (nSPS) is 13.6. The molecule has 0 unspecified atom stereocenters. The Morgan fingerprint density at radius 2 is 1.01 bits per heavy atom. The van der Waals surface area contributed by atoms with Gasteiger partial charge >= 0.3 is 0 Å². The van der Waals surface area contributed by atoms with Crippen LogP contribution in [-0.2, 0) is 56.0 Å². The van der Waals surface area contributed by atoms with Gasteiger partial charge in [-0.25, -0.2) is 0 Å². The Balaban J connectivity index is 1.75. The first-order valence-corrected chi connectivity index (χ1v) is 25.2. The molecule has 26 nitrogen and oxygen atoms in total. The van der Waals surface area contributed by atoms with E-state index in [0.29, 0.717) is 18.4 Å². The summed E-state index contributed by atoms with van der Waals surface area (Å²) in [5.74, 6) is -6.60. The van der Waals surface area contributed by atoms with E-state index in [9.17, 15) is 48.3 Å². The van der Waals surface area contributed by atoms with Crippen molar-refractivity contribution in [2.24, 2.45) is 17.2 Å². The summed E-state index contributed by atoms with van der Waals surface area (Å²) in [5, 5.41) is 52.1.